The van der Waals surface area contributed by atoms with E-state index in [1.807, 2.05) is 26.0 Å². The molecule has 2 nitrogen and oxygen atoms in total. The first kappa shape index (κ1) is 19.4. The lowest BCUT2D eigenvalue weighted by Crippen LogP contribution is -2.10. The first-order valence-corrected chi connectivity index (χ1v) is 8.89. The molecule has 1 aromatic rings. The molecule has 130 valence electrons. The minimum absolute atomic E-state index is 0.0517. The zero-order chi connectivity index (χ0) is 18.1. The summed E-state index contributed by atoms with van der Waals surface area (Å²) in [5.74, 6) is -0.0290. The van der Waals surface area contributed by atoms with Crippen molar-refractivity contribution in [1.29, 1.82) is 0 Å². The predicted molar refractivity (Wildman–Crippen MR) is 101 cm³/mol. The molecule has 0 radical (unpaired) electrons. The number of carbonyl (C=O) groups is 1. The van der Waals surface area contributed by atoms with Gasteiger partial charge >= 0.3 is 5.97 Å². The summed E-state index contributed by atoms with van der Waals surface area (Å²) in [7, 11) is 0. The summed E-state index contributed by atoms with van der Waals surface area (Å²) < 4.78 is 5.64. The van der Waals surface area contributed by atoms with Crippen LogP contribution in [0.15, 0.2) is 34.3 Å². The Morgan fingerprint density at radius 1 is 1.29 bits per heavy atom. The summed E-state index contributed by atoms with van der Waals surface area (Å²) in [5.41, 5.74) is 2.71. The fraction of sp³-hybridized carbons (Fsp3) is 0.421. The van der Waals surface area contributed by atoms with Crippen LogP contribution >= 0.6 is 34.8 Å². The Bertz CT molecular complexity index is 697. The minimum Gasteiger partial charge on any atom is -0.461 e. The van der Waals surface area contributed by atoms with Crippen LogP contribution < -0.4 is 0 Å². The Balaban J connectivity index is 2.00. The number of hydrogen-bond donors (Lipinski definition) is 0. The molecule has 1 aliphatic carbocycles. The van der Waals surface area contributed by atoms with E-state index in [9.17, 15) is 4.79 Å². The molecule has 0 heterocycles. The molecule has 0 aliphatic heterocycles. The van der Waals surface area contributed by atoms with Crippen LogP contribution in [0.5, 0.6) is 0 Å². The van der Waals surface area contributed by atoms with Gasteiger partial charge in [-0.05, 0) is 42.9 Å². The van der Waals surface area contributed by atoms with Crippen LogP contribution in [-0.4, -0.2) is 5.97 Å². The van der Waals surface area contributed by atoms with Crippen LogP contribution in [0.4, 0.5) is 0 Å². The van der Waals surface area contributed by atoms with E-state index in [1.165, 1.54) is 5.57 Å². The number of allylic oxidation sites excluding steroid dienone is 2. The van der Waals surface area contributed by atoms with Crippen molar-refractivity contribution in [3.8, 4) is 0 Å². The van der Waals surface area contributed by atoms with Gasteiger partial charge in [-0.25, -0.2) is 0 Å². The van der Waals surface area contributed by atoms with E-state index in [0.717, 1.165) is 11.1 Å². The molecule has 1 aliphatic rings. The third kappa shape index (κ3) is 4.56. The number of rotatable bonds is 5. The van der Waals surface area contributed by atoms with Gasteiger partial charge in [0.2, 0.25) is 0 Å². The smallest absolute Gasteiger partial charge is 0.310 e. The van der Waals surface area contributed by atoms with E-state index in [4.69, 9.17) is 39.5 Å². The first-order chi connectivity index (χ1) is 11.1. The molecule has 1 saturated carbocycles. The Morgan fingerprint density at radius 3 is 2.50 bits per heavy atom. The van der Waals surface area contributed by atoms with Crippen molar-refractivity contribution in [1.82, 2.24) is 0 Å². The van der Waals surface area contributed by atoms with Crippen molar-refractivity contribution in [2.75, 3.05) is 0 Å². The molecule has 1 aromatic carbocycles. The molecule has 0 bridgehead atoms. The van der Waals surface area contributed by atoms with Gasteiger partial charge in [0.1, 0.15) is 11.1 Å². The number of hydrogen-bond acceptors (Lipinski definition) is 2. The number of carbonyl (C=O) groups excluding carboxylic acids is 1. The number of ether oxygens (including phenoxy) is 1. The van der Waals surface area contributed by atoms with E-state index < -0.39 is 0 Å². The van der Waals surface area contributed by atoms with Gasteiger partial charge in [0.05, 0.1) is 5.92 Å². The van der Waals surface area contributed by atoms with E-state index in [1.54, 1.807) is 12.1 Å². The summed E-state index contributed by atoms with van der Waals surface area (Å²) in [6, 6.07) is 5.37. The molecule has 0 amide bonds. The van der Waals surface area contributed by atoms with E-state index in [0.29, 0.717) is 5.02 Å². The van der Waals surface area contributed by atoms with Gasteiger partial charge in [0, 0.05) is 10.6 Å². The van der Waals surface area contributed by atoms with Gasteiger partial charge in [-0.15, -0.1) is 0 Å². The van der Waals surface area contributed by atoms with Gasteiger partial charge in [-0.2, -0.15) is 0 Å². The standard InChI is InChI=1S/C19H21Cl3O2/c1-11(2)7-14-17(19(14,3)4)18(23)24-10-13-6-5-12(8-15(13)20)9-16(21)22/h5-9,14,17H,10H2,1-4H3. The second-order valence-corrected chi connectivity index (χ2v) is 8.38. The van der Waals surface area contributed by atoms with Crippen molar-refractivity contribution in [2.45, 2.75) is 34.3 Å². The van der Waals surface area contributed by atoms with Gasteiger partial charge in [0.15, 0.2) is 0 Å². The highest BCUT2D eigenvalue weighted by Gasteiger charge is 2.61. The van der Waals surface area contributed by atoms with Crippen molar-refractivity contribution in [2.24, 2.45) is 17.3 Å². The molecule has 0 aromatic heterocycles. The summed E-state index contributed by atoms with van der Waals surface area (Å²) in [6.07, 6.45) is 3.75. The van der Waals surface area contributed by atoms with Gasteiger partial charge < -0.3 is 4.74 Å². The molecule has 5 heteroatoms. The highest BCUT2D eigenvalue weighted by Crippen LogP contribution is 2.59. The maximum Gasteiger partial charge on any atom is 0.310 e. The minimum atomic E-state index is -0.175. The van der Waals surface area contributed by atoms with E-state index >= 15 is 0 Å². The highest BCUT2D eigenvalue weighted by molar-refractivity contribution is 6.57. The number of esters is 1. The lowest BCUT2D eigenvalue weighted by atomic mass is 10.1. The third-order valence-electron chi connectivity index (χ3n) is 4.40. The quantitative estimate of drug-likeness (QED) is 0.432. The molecule has 24 heavy (non-hydrogen) atoms. The van der Waals surface area contributed by atoms with Crippen LogP contribution in [0, 0.1) is 17.3 Å². The number of halogens is 3. The van der Waals surface area contributed by atoms with Crippen LogP contribution in [0.25, 0.3) is 6.08 Å². The van der Waals surface area contributed by atoms with Gasteiger partial charge in [-0.1, -0.05) is 72.4 Å². The van der Waals surface area contributed by atoms with Crippen molar-refractivity contribution >= 4 is 46.8 Å². The summed E-state index contributed by atoms with van der Waals surface area (Å²) in [4.78, 5) is 12.4. The zero-order valence-corrected chi connectivity index (χ0v) is 16.5. The van der Waals surface area contributed by atoms with E-state index in [-0.39, 0.29) is 34.3 Å². The first-order valence-electron chi connectivity index (χ1n) is 7.75. The largest absolute Gasteiger partial charge is 0.461 e. The highest BCUT2D eigenvalue weighted by atomic mass is 35.5. The Kier molecular flexibility index (Phi) is 6.06. The predicted octanol–water partition coefficient (Wildman–Crippen LogP) is 6.40. The third-order valence-corrected chi connectivity index (χ3v) is 4.97. The van der Waals surface area contributed by atoms with E-state index in [2.05, 4.69) is 19.9 Å². The fourth-order valence-corrected chi connectivity index (χ4v) is 3.43. The second-order valence-electron chi connectivity index (χ2n) is 6.96. The van der Waals surface area contributed by atoms with Crippen LogP contribution in [0.3, 0.4) is 0 Å². The fourth-order valence-electron chi connectivity index (χ4n) is 2.93. The lowest BCUT2D eigenvalue weighted by Gasteiger charge is -2.08. The molecule has 0 N–H and O–H groups in total. The van der Waals surface area contributed by atoms with Gasteiger partial charge in [-0.3, -0.25) is 4.79 Å². The number of benzene rings is 1. The molecule has 2 rings (SSSR count). The van der Waals surface area contributed by atoms with Crippen LogP contribution in [0.2, 0.25) is 5.02 Å². The van der Waals surface area contributed by atoms with Crippen molar-refractivity contribution < 1.29 is 9.53 Å². The Morgan fingerprint density at radius 2 is 1.96 bits per heavy atom. The summed E-state index contributed by atoms with van der Waals surface area (Å²) >= 11 is 17.5. The zero-order valence-electron chi connectivity index (χ0n) is 14.2. The Labute approximate surface area is 158 Å². The molecule has 2 atom stereocenters. The molecule has 0 spiro atoms. The average molecular weight is 388 g/mol. The van der Waals surface area contributed by atoms with Gasteiger partial charge in [0.25, 0.3) is 0 Å². The van der Waals surface area contributed by atoms with Crippen molar-refractivity contribution in [3.05, 3.63) is 50.5 Å². The van der Waals surface area contributed by atoms with Crippen LogP contribution in [0.1, 0.15) is 38.8 Å². The monoisotopic (exact) mass is 386 g/mol. The lowest BCUT2D eigenvalue weighted by molar-refractivity contribution is -0.147. The maximum atomic E-state index is 12.4. The normalized spacial score (nSPS) is 21.0. The maximum absolute atomic E-state index is 12.4. The molecular weight excluding hydrogens is 367 g/mol. The SMILES string of the molecule is CC(C)=CC1C(C(=O)OCc2ccc(C=C(Cl)Cl)cc2Cl)C1(C)C. The Hall–Kier alpha value is -0.960. The molecule has 2 unspecified atom stereocenters. The summed E-state index contributed by atoms with van der Waals surface area (Å²) in [5, 5.41) is 0.516. The van der Waals surface area contributed by atoms with Crippen molar-refractivity contribution in [3.63, 3.8) is 0 Å². The molecule has 1 fully saturated rings. The average Bonchev–Trinajstić information content (AvgIpc) is 2.97. The van der Waals surface area contributed by atoms with Crippen LogP contribution in [-0.2, 0) is 16.1 Å². The topological polar surface area (TPSA) is 26.3 Å². The second kappa shape index (κ2) is 7.51. The summed E-state index contributed by atoms with van der Waals surface area (Å²) in [6.45, 7) is 8.42. The molecular formula is C19H21Cl3O2. The molecule has 0 saturated heterocycles.